The normalized spacial score (nSPS) is 10.7. The van der Waals surface area contributed by atoms with Crippen LogP contribution < -0.4 is 5.73 Å². The summed E-state index contributed by atoms with van der Waals surface area (Å²) in [6, 6.07) is 5.36. The van der Waals surface area contributed by atoms with Crippen molar-refractivity contribution in [1.82, 2.24) is 4.98 Å². The number of fused-ring (bicyclic) bond motifs is 1. The van der Waals surface area contributed by atoms with Crippen molar-refractivity contribution >= 4 is 22.6 Å². The van der Waals surface area contributed by atoms with Gasteiger partial charge >= 0.3 is 5.97 Å². The Bertz CT molecular complexity index is 548. The fourth-order valence-corrected chi connectivity index (χ4v) is 1.76. The Morgan fingerprint density at radius 3 is 3.00 bits per heavy atom. The van der Waals surface area contributed by atoms with Crippen molar-refractivity contribution in [3.63, 3.8) is 0 Å². The van der Waals surface area contributed by atoms with E-state index in [9.17, 15) is 4.79 Å². The molecule has 1 heterocycles. The van der Waals surface area contributed by atoms with Crippen molar-refractivity contribution in [1.29, 1.82) is 0 Å². The minimum absolute atomic E-state index is 0.331. The number of esters is 1. The molecular weight excluding hydrogens is 232 g/mol. The molecule has 0 spiro atoms. The number of methoxy groups -OCH3 is 1. The minimum Gasteiger partial charge on any atom is -0.462 e. The average molecular weight is 248 g/mol. The van der Waals surface area contributed by atoms with Crippen molar-refractivity contribution in [2.45, 2.75) is 6.42 Å². The molecule has 0 aliphatic carbocycles. The molecule has 0 radical (unpaired) electrons. The highest BCUT2D eigenvalue weighted by Gasteiger charge is 2.13. The first-order chi connectivity index (χ1) is 8.72. The van der Waals surface area contributed by atoms with Crippen LogP contribution in [-0.4, -0.2) is 31.3 Å². The highest BCUT2D eigenvalue weighted by Crippen LogP contribution is 2.21. The number of benzene rings is 1. The largest absolute Gasteiger partial charge is 0.462 e. The topological polar surface area (TPSA) is 77.3 Å². The Hall–Kier alpha value is -2.01. The number of nitrogens with one attached hydrogen (secondary N) is 1. The van der Waals surface area contributed by atoms with Crippen LogP contribution in [-0.2, 0) is 9.47 Å². The van der Waals surface area contributed by atoms with E-state index in [0.717, 1.165) is 10.9 Å². The maximum absolute atomic E-state index is 11.9. The summed E-state index contributed by atoms with van der Waals surface area (Å²) in [4.78, 5) is 14.9. The summed E-state index contributed by atoms with van der Waals surface area (Å²) in [6.45, 7) is 0.937. The molecule has 0 aliphatic heterocycles. The fraction of sp³-hybridized carbons (Fsp3) is 0.308. The molecule has 0 saturated carbocycles. The van der Waals surface area contributed by atoms with Crippen LogP contribution in [0.25, 0.3) is 10.9 Å². The maximum atomic E-state index is 11.9. The van der Waals surface area contributed by atoms with Gasteiger partial charge in [0.05, 0.1) is 12.2 Å². The molecule has 1 aromatic heterocycles. The van der Waals surface area contributed by atoms with Crippen molar-refractivity contribution in [2.75, 3.05) is 26.1 Å². The summed E-state index contributed by atoms with van der Waals surface area (Å²) >= 11 is 0. The zero-order valence-electron chi connectivity index (χ0n) is 10.2. The lowest BCUT2D eigenvalue weighted by Gasteiger charge is -2.03. The number of nitrogen functional groups attached to an aromatic ring is 1. The lowest BCUT2D eigenvalue weighted by molar-refractivity contribution is 0.0471. The van der Waals surface area contributed by atoms with E-state index in [1.165, 1.54) is 0 Å². The summed E-state index contributed by atoms with van der Waals surface area (Å²) < 4.78 is 10.0. The standard InChI is InChI=1S/C13H16N2O3/c1-17-5-2-6-18-13(16)11-8-15-12-7-9(14)3-4-10(11)12/h3-4,7-8,15H,2,5-6,14H2,1H3. The van der Waals surface area contributed by atoms with Crippen molar-refractivity contribution < 1.29 is 14.3 Å². The number of aromatic nitrogens is 1. The van der Waals surface area contributed by atoms with E-state index in [-0.39, 0.29) is 5.97 Å². The quantitative estimate of drug-likeness (QED) is 0.481. The fourth-order valence-electron chi connectivity index (χ4n) is 1.76. The van der Waals surface area contributed by atoms with E-state index in [4.69, 9.17) is 15.2 Å². The highest BCUT2D eigenvalue weighted by atomic mass is 16.5. The molecule has 0 fully saturated rings. The van der Waals surface area contributed by atoms with Crippen LogP contribution in [0, 0.1) is 0 Å². The van der Waals surface area contributed by atoms with E-state index in [0.29, 0.717) is 30.9 Å². The second-order valence-electron chi connectivity index (χ2n) is 3.99. The summed E-state index contributed by atoms with van der Waals surface area (Å²) in [5.41, 5.74) is 7.69. The molecule has 1 aromatic carbocycles. The van der Waals surface area contributed by atoms with Gasteiger partial charge in [0, 0.05) is 42.9 Å². The van der Waals surface area contributed by atoms with Crippen LogP contribution in [0.3, 0.4) is 0 Å². The van der Waals surface area contributed by atoms with Gasteiger partial charge < -0.3 is 20.2 Å². The van der Waals surface area contributed by atoms with Gasteiger partial charge in [-0.2, -0.15) is 0 Å². The molecule has 2 rings (SSSR count). The summed E-state index contributed by atoms with van der Waals surface area (Å²) in [6.07, 6.45) is 2.33. The van der Waals surface area contributed by atoms with E-state index < -0.39 is 0 Å². The lowest BCUT2D eigenvalue weighted by atomic mass is 10.1. The van der Waals surface area contributed by atoms with Gasteiger partial charge in [0.15, 0.2) is 0 Å². The Balaban J connectivity index is 2.08. The molecule has 2 aromatic rings. The SMILES string of the molecule is COCCCOC(=O)c1c[nH]c2cc(N)ccc12. The molecule has 0 bridgehead atoms. The van der Waals surface area contributed by atoms with Gasteiger partial charge in [0.25, 0.3) is 0 Å². The molecule has 0 atom stereocenters. The number of carbonyl (C=O) groups excluding carboxylic acids is 1. The van der Waals surface area contributed by atoms with Gasteiger partial charge in [0.1, 0.15) is 0 Å². The molecule has 0 amide bonds. The number of hydrogen-bond acceptors (Lipinski definition) is 4. The average Bonchev–Trinajstić information content (AvgIpc) is 2.77. The lowest BCUT2D eigenvalue weighted by Crippen LogP contribution is -2.07. The number of ether oxygens (including phenoxy) is 2. The minimum atomic E-state index is -0.331. The van der Waals surface area contributed by atoms with Crippen LogP contribution in [0.1, 0.15) is 16.8 Å². The number of carbonyl (C=O) groups is 1. The first-order valence-electron chi connectivity index (χ1n) is 5.75. The number of nitrogens with two attached hydrogens (primary N) is 1. The number of rotatable bonds is 5. The second kappa shape index (κ2) is 5.55. The third-order valence-corrected chi connectivity index (χ3v) is 2.65. The van der Waals surface area contributed by atoms with Gasteiger partial charge in [-0.25, -0.2) is 4.79 Å². The van der Waals surface area contributed by atoms with Gasteiger partial charge in [-0.15, -0.1) is 0 Å². The third-order valence-electron chi connectivity index (χ3n) is 2.65. The maximum Gasteiger partial charge on any atom is 0.340 e. The molecule has 5 nitrogen and oxygen atoms in total. The van der Waals surface area contributed by atoms with Crippen LogP contribution in [0.5, 0.6) is 0 Å². The Labute approximate surface area is 105 Å². The predicted octanol–water partition coefficient (Wildman–Crippen LogP) is 1.94. The van der Waals surface area contributed by atoms with Gasteiger partial charge in [-0.1, -0.05) is 0 Å². The van der Waals surface area contributed by atoms with Crippen molar-refractivity contribution in [3.8, 4) is 0 Å². The summed E-state index contributed by atoms with van der Waals surface area (Å²) in [7, 11) is 1.62. The Kier molecular flexibility index (Phi) is 3.84. The number of anilines is 1. The predicted molar refractivity (Wildman–Crippen MR) is 69.5 cm³/mol. The van der Waals surface area contributed by atoms with Gasteiger partial charge in [-0.3, -0.25) is 0 Å². The van der Waals surface area contributed by atoms with Crippen LogP contribution in [0.2, 0.25) is 0 Å². The molecule has 5 heteroatoms. The first kappa shape index (κ1) is 12.4. The Morgan fingerprint density at radius 2 is 2.22 bits per heavy atom. The summed E-state index contributed by atoms with van der Waals surface area (Å²) in [5.74, 6) is -0.331. The molecule has 0 unspecified atom stereocenters. The smallest absolute Gasteiger partial charge is 0.340 e. The number of hydrogen-bond donors (Lipinski definition) is 2. The molecule has 0 aliphatic rings. The van der Waals surface area contributed by atoms with Gasteiger partial charge in [-0.05, 0) is 18.2 Å². The second-order valence-corrected chi connectivity index (χ2v) is 3.99. The first-order valence-corrected chi connectivity index (χ1v) is 5.75. The Morgan fingerprint density at radius 1 is 1.39 bits per heavy atom. The molecule has 96 valence electrons. The molecule has 18 heavy (non-hydrogen) atoms. The molecule has 3 N–H and O–H groups in total. The molecule has 0 saturated heterocycles. The van der Waals surface area contributed by atoms with Crippen molar-refractivity contribution in [3.05, 3.63) is 30.0 Å². The highest BCUT2D eigenvalue weighted by molar-refractivity contribution is 6.04. The van der Waals surface area contributed by atoms with E-state index >= 15 is 0 Å². The third kappa shape index (κ3) is 2.62. The summed E-state index contributed by atoms with van der Waals surface area (Å²) in [5, 5.41) is 0.820. The number of H-pyrrole nitrogens is 1. The monoisotopic (exact) mass is 248 g/mol. The molecular formula is C13H16N2O3. The van der Waals surface area contributed by atoms with Crippen LogP contribution >= 0.6 is 0 Å². The van der Waals surface area contributed by atoms with Gasteiger partial charge in [0.2, 0.25) is 0 Å². The zero-order chi connectivity index (χ0) is 13.0. The van der Waals surface area contributed by atoms with E-state index in [2.05, 4.69) is 4.98 Å². The van der Waals surface area contributed by atoms with Crippen molar-refractivity contribution in [2.24, 2.45) is 0 Å². The van der Waals surface area contributed by atoms with Crippen LogP contribution in [0.4, 0.5) is 5.69 Å². The number of aromatic amines is 1. The van der Waals surface area contributed by atoms with E-state index in [1.807, 2.05) is 6.07 Å². The van der Waals surface area contributed by atoms with Crippen LogP contribution in [0.15, 0.2) is 24.4 Å². The van der Waals surface area contributed by atoms with E-state index in [1.54, 1.807) is 25.4 Å². The zero-order valence-corrected chi connectivity index (χ0v) is 10.2.